The van der Waals surface area contributed by atoms with Crippen molar-refractivity contribution >= 4 is 77.3 Å². The summed E-state index contributed by atoms with van der Waals surface area (Å²) in [5, 5.41) is 6.01. The molecule has 3 heterocycles. The van der Waals surface area contributed by atoms with Crippen molar-refractivity contribution in [3.8, 4) is 39.1 Å². The van der Waals surface area contributed by atoms with E-state index >= 15 is 0 Å². The van der Waals surface area contributed by atoms with Gasteiger partial charge in [-0.2, -0.15) is 0 Å². The van der Waals surface area contributed by atoms with E-state index in [1.165, 1.54) is 81.4 Å². The zero-order valence-corrected chi connectivity index (χ0v) is 31.8. The highest BCUT2D eigenvalue weighted by atomic mass is 32.1. The summed E-state index contributed by atoms with van der Waals surface area (Å²) >= 11 is 1.88. The molecule has 11 rings (SSSR count). The van der Waals surface area contributed by atoms with Crippen LogP contribution in [0.3, 0.4) is 0 Å². The topological polar surface area (TPSA) is 18.1 Å². The molecule has 7 aromatic carbocycles. The molecule has 262 valence electrons. The lowest BCUT2D eigenvalue weighted by Gasteiger charge is -2.22. The van der Waals surface area contributed by atoms with Crippen LogP contribution in [0.5, 0.6) is 0 Å². The molecule has 0 amide bonds. The number of fused-ring (bicyclic) bond motifs is 11. The van der Waals surface area contributed by atoms with Gasteiger partial charge in [0, 0.05) is 58.7 Å². The van der Waals surface area contributed by atoms with Gasteiger partial charge in [0.2, 0.25) is 0 Å². The van der Waals surface area contributed by atoms with Gasteiger partial charge in [0.15, 0.2) is 0 Å². The molecular formula is C52H37NOS. The molecule has 0 N–H and O–H groups in total. The van der Waals surface area contributed by atoms with Crippen LogP contribution in [0.4, 0.5) is 0 Å². The lowest BCUT2D eigenvalue weighted by Crippen LogP contribution is -2.15. The zero-order valence-electron chi connectivity index (χ0n) is 31.0. The summed E-state index contributed by atoms with van der Waals surface area (Å²) in [4.78, 5) is 1.26. The van der Waals surface area contributed by atoms with Gasteiger partial charge in [0.25, 0.3) is 0 Å². The second kappa shape index (κ2) is 11.8. The number of para-hydroxylation sites is 2. The van der Waals surface area contributed by atoms with Crippen molar-refractivity contribution in [1.29, 1.82) is 0 Å². The molecule has 0 atom stereocenters. The summed E-state index contributed by atoms with van der Waals surface area (Å²) in [5.74, 6) is 0. The summed E-state index contributed by atoms with van der Waals surface area (Å²) in [5.41, 5.74) is 16.5. The first-order chi connectivity index (χ1) is 26.9. The Morgan fingerprint density at radius 1 is 0.618 bits per heavy atom. The largest absolute Gasteiger partial charge is 0.455 e. The number of nitrogens with zero attached hydrogens (tertiary/aromatic N) is 1. The van der Waals surface area contributed by atoms with Crippen LogP contribution in [-0.2, 0) is 5.41 Å². The molecule has 0 fully saturated rings. The lowest BCUT2D eigenvalue weighted by atomic mass is 9.82. The van der Waals surface area contributed by atoms with Crippen LogP contribution in [0, 0.1) is 0 Å². The molecule has 0 spiro atoms. The Kier molecular flexibility index (Phi) is 6.87. The predicted molar refractivity (Wildman–Crippen MR) is 237 cm³/mol. The summed E-state index contributed by atoms with van der Waals surface area (Å²) in [6.07, 6.45) is 6.35. The van der Waals surface area contributed by atoms with Gasteiger partial charge in [-0.1, -0.05) is 130 Å². The Morgan fingerprint density at radius 3 is 2.16 bits per heavy atom. The third-order valence-corrected chi connectivity index (χ3v) is 13.1. The van der Waals surface area contributed by atoms with Crippen molar-refractivity contribution in [2.24, 2.45) is 0 Å². The smallest absolute Gasteiger partial charge is 0.143 e. The monoisotopic (exact) mass is 723 g/mol. The van der Waals surface area contributed by atoms with E-state index in [-0.39, 0.29) is 5.41 Å². The molecule has 0 bridgehead atoms. The van der Waals surface area contributed by atoms with E-state index in [1.54, 1.807) is 0 Å². The molecule has 3 aromatic heterocycles. The molecule has 0 saturated carbocycles. The first-order valence-electron chi connectivity index (χ1n) is 19.0. The summed E-state index contributed by atoms with van der Waals surface area (Å²) < 4.78 is 10.3. The highest BCUT2D eigenvalue weighted by Crippen LogP contribution is 2.54. The Balaban J connectivity index is 1.14. The minimum Gasteiger partial charge on any atom is -0.455 e. The van der Waals surface area contributed by atoms with E-state index < -0.39 is 0 Å². The van der Waals surface area contributed by atoms with Crippen LogP contribution in [0.25, 0.3) is 105 Å². The maximum atomic E-state index is 6.52. The van der Waals surface area contributed by atoms with Gasteiger partial charge in [0.1, 0.15) is 11.2 Å². The Labute approximate surface area is 323 Å². The second-order valence-corrected chi connectivity index (χ2v) is 16.3. The Hall–Kier alpha value is -6.42. The third kappa shape index (κ3) is 4.54. The minimum absolute atomic E-state index is 0.161. The Morgan fingerprint density at radius 2 is 1.36 bits per heavy atom. The average molecular weight is 724 g/mol. The van der Waals surface area contributed by atoms with Crippen molar-refractivity contribution in [3.63, 3.8) is 0 Å². The van der Waals surface area contributed by atoms with Crippen LogP contribution in [0.2, 0.25) is 0 Å². The van der Waals surface area contributed by atoms with E-state index in [0.717, 1.165) is 33.1 Å². The van der Waals surface area contributed by atoms with Gasteiger partial charge in [-0.25, -0.2) is 0 Å². The number of thiophene rings is 1. The van der Waals surface area contributed by atoms with Crippen molar-refractivity contribution in [3.05, 3.63) is 174 Å². The standard InChI is InChI=1S/C52H37NOS/c1-5-13-48-35(6-2)39-24-25-43-49(51(39)55-48)40-23-22-34(30-44(40)52(43,3)4)53-45-26-20-32(31-14-8-7-9-15-31)28-41(45)42-29-33(21-27-46(42)53)36-17-12-18-38-37-16-10-11-19-47(37)54-50(36)38/h5-30H,2H2,1,3-4H3/b13-5-. The van der Waals surface area contributed by atoms with E-state index in [4.69, 9.17) is 4.42 Å². The van der Waals surface area contributed by atoms with Gasteiger partial charge in [-0.3, -0.25) is 0 Å². The number of benzene rings is 7. The molecular weight excluding hydrogens is 687 g/mol. The second-order valence-electron chi connectivity index (χ2n) is 15.2. The predicted octanol–water partition coefficient (Wildman–Crippen LogP) is 15.2. The number of furan rings is 1. The fraction of sp³-hybridized carbons (Fsp3) is 0.0769. The number of aromatic nitrogens is 1. The van der Waals surface area contributed by atoms with E-state index in [9.17, 15) is 0 Å². The van der Waals surface area contributed by atoms with Gasteiger partial charge < -0.3 is 8.98 Å². The summed E-state index contributed by atoms with van der Waals surface area (Å²) in [7, 11) is 0. The molecule has 0 saturated heterocycles. The fourth-order valence-electron chi connectivity index (χ4n) is 9.28. The first-order valence-corrected chi connectivity index (χ1v) is 19.8. The quantitative estimate of drug-likeness (QED) is 0.173. The van der Waals surface area contributed by atoms with Gasteiger partial charge in [0.05, 0.1) is 11.0 Å². The zero-order chi connectivity index (χ0) is 37.0. The molecule has 10 aromatic rings. The Bertz CT molecular complexity index is 3260. The average Bonchev–Trinajstić information content (AvgIpc) is 3.94. The first kappa shape index (κ1) is 32.0. The SMILES string of the molecule is C=Cc1c(/C=C\C)sc2c3c(ccc12)C(C)(C)c1cc(-n2c4ccc(-c5ccccc5)cc4c4cc(-c5cccc6c5oc5ccccc56)ccc42)ccc1-3. The molecule has 0 radical (unpaired) electrons. The minimum atomic E-state index is -0.161. The fourth-order valence-corrected chi connectivity index (χ4v) is 10.6. The van der Waals surface area contributed by atoms with Crippen LogP contribution in [0.1, 0.15) is 42.3 Å². The number of rotatable bonds is 5. The summed E-state index contributed by atoms with van der Waals surface area (Å²) in [6, 6.07) is 51.2. The van der Waals surface area contributed by atoms with Gasteiger partial charge in [-0.05, 0) is 94.4 Å². The lowest BCUT2D eigenvalue weighted by molar-refractivity contribution is 0.660. The molecule has 1 aliphatic rings. The summed E-state index contributed by atoms with van der Waals surface area (Å²) in [6.45, 7) is 11.0. The molecule has 0 unspecified atom stereocenters. The number of allylic oxidation sites excluding steroid dienone is 1. The molecule has 3 heteroatoms. The maximum absolute atomic E-state index is 6.52. The van der Waals surface area contributed by atoms with E-state index in [2.05, 4.69) is 178 Å². The van der Waals surface area contributed by atoms with Gasteiger partial charge in [-0.15, -0.1) is 11.3 Å². The van der Waals surface area contributed by atoms with Crippen LogP contribution in [0.15, 0.2) is 157 Å². The van der Waals surface area contributed by atoms with Crippen LogP contribution >= 0.6 is 11.3 Å². The van der Waals surface area contributed by atoms with E-state index in [1.807, 2.05) is 23.5 Å². The molecule has 0 aliphatic heterocycles. The van der Waals surface area contributed by atoms with Crippen molar-refractivity contribution < 1.29 is 4.42 Å². The molecule has 1 aliphatic carbocycles. The van der Waals surface area contributed by atoms with Crippen molar-refractivity contribution in [1.82, 2.24) is 4.57 Å². The van der Waals surface area contributed by atoms with Crippen LogP contribution in [-0.4, -0.2) is 4.57 Å². The van der Waals surface area contributed by atoms with Crippen LogP contribution < -0.4 is 0 Å². The normalized spacial score (nSPS) is 13.5. The molecule has 2 nitrogen and oxygen atoms in total. The highest BCUT2D eigenvalue weighted by Gasteiger charge is 2.37. The molecule has 55 heavy (non-hydrogen) atoms. The third-order valence-electron chi connectivity index (χ3n) is 11.9. The van der Waals surface area contributed by atoms with Gasteiger partial charge >= 0.3 is 0 Å². The van der Waals surface area contributed by atoms with Crippen molar-refractivity contribution in [2.75, 3.05) is 0 Å². The highest BCUT2D eigenvalue weighted by molar-refractivity contribution is 7.20. The number of hydrogen-bond donors (Lipinski definition) is 0. The van der Waals surface area contributed by atoms with Crippen molar-refractivity contribution in [2.45, 2.75) is 26.2 Å². The van der Waals surface area contributed by atoms with E-state index in [0.29, 0.717) is 0 Å². The number of hydrogen-bond acceptors (Lipinski definition) is 2. The maximum Gasteiger partial charge on any atom is 0.143 e.